The topological polar surface area (TPSA) is 94.7 Å². The van der Waals surface area contributed by atoms with Crippen molar-refractivity contribution in [3.05, 3.63) is 35.5 Å². The number of aromatic carboxylic acids is 1. The summed E-state index contributed by atoms with van der Waals surface area (Å²) >= 11 is 0. The van der Waals surface area contributed by atoms with E-state index >= 15 is 0 Å². The van der Waals surface area contributed by atoms with Gasteiger partial charge in [0.25, 0.3) is 5.89 Å². The van der Waals surface area contributed by atoms with Crippen molar-refractivity contribution in [3.8, 4) is 11.5 Å². The van der Waals surface area contributed by atoms with Gasteiger partial charge in [0.2, 0.25) is 0 Å². The number of hydrogen-bond acceptors (Lipinski definition) is 6. The zero-order chi connectivity index (χ0) is 15.2. The predicted molar refractivity (Wildman–Crippen MR) is 72.6 cm³/mol. The van der Waals surface area contributed by atoms with Crippen molar-refractivity contribution in [2.24, 2.45) is 0 Å². The standard InChI is InChI=1S/C14H16N2O5/c1-3-4-12-15-13(21-16-12)8-20-10-6-5-9(14(17)18)7-11(10)19-2/h5-7H,3-4,8H2,1-2H3,(H,17,18). The van der Waals surface area contributed by atoms with Gasteiger partial charge in [0.05, 0.1) is 12.7 Å². The number of rotatable bonds is 7. The molecule has 1 N–H and O–H groups in total. The molecule has 1 aromatic carbocycles. The molecular weight excluding hydrogens is 276 g/mol. The summed E-state index contributed by atoms with van der Waals surface area (Å²) in [5.41, 5.74) is 0.127. The van der Waals surface area contributed by atoms with Crippen molar-refractivity contribution < 1.29 is 23.9 Å². The number of benzene rings is 1. The van der Waals surface area contributed by atoms with Crippen LogP contribution in [0.5, 0.6) is 11.5 Å². The Morgan fingerprint density at radius 2 is 2.19 bits per heavy atom. The van der Waals surface area contributed by atoms with E-state index in [0.717, 1.165) is 12.8 Å². The van der Waals surface area contributed by atoms with Crippen LogP contribution in [0, 0.1) is 0 Å². The van der Waals surface area contributed by atoms with Crippen LogP contribution < -0.4 is 9.47 Å². The van der Waals surface area contributed by atoms with Gasteiger partial charge in [-0.25, -0.2) is 4.79 Å². The normalized spacial score (nSPS) is 10.4. The van der Waals surface area contributed by atoms with Crippen LogP contribution in [0.3, 0.4) is 0 Å². The highest BCUT2D eigenvalue weighted by Gasteiger charge is 2.12. The maximum atomic E-state index is 10.9. The summed E-state index contributed by atoms with van der Waals surface area (Å²) in [4.78, 5) is 15.1. The fourth-order valence-electron chi connectivity index (χ4n) is 1.73. The predicted octanol–water partition coefficient (Wildman–Crippen LogP) is 2.31. The Balaban J connectivity index is 2.06. The summed E-state index contributed by atoms with van der Waals surface area (Å²) in [6.07, 6.45) is 1.68. The number of ether oxygens (including phenoxy) is 2. The number of carboxylic acid groups (broad SMARTS) is 1. The van der Waals surface area contributed by atoms with E-state index in [2.05, 4.69) is 10.1 Å². The fourth-order valence-corrected chi connectivity index (χ4v) is 1.73. The van der Waals surface area contributed by atoms with Crippen LogP contribution in [-0.2, 0) is 13.0 Å². The van der Waals surface area contributed by atoms with Gasteiger partial charge in [0.1, 0.15) is 0 Å². The Hall–Kier alpha value is -2.57. The molecule has 0 bridgehead atoms. The van der Waals surface area contributed by atoms with E-state index < -0.39 is 5.97 Å². The first kappa shape index (κ1) is 14.8. The number of carbonyl (C=O) groups is 1. The molecule has 7 nitrogen and oxygen atoms in total. The fraction of sp³-hybridized carbons (Fsp3) is 0.357. The zero-order valence-corrected chi connectivity index (χ0v) is 11.8. The average Bonchev–Trinajstić information content (AvgIpc) is 2.93. The Morgan fingerprint density at radius 1 is 1.38 bits per heavy atom. The average molecular weight is 292 g/mol. The molecule has 0 aliphatic rings. The lowest BCUT2D eigenvalue weighted by Gasteiger charge is -2.09. The summed E-state index contributed by atoms with van der Waals surface area (Å²) in [5, 5.41) is 12.8. The molecule has 0 saturated heterocycles. The summed E-state index contributed by atoms with van der Waals surface area (Å²) in [5.74, 6) is 0.731. The van der Waals surface area contributed by atoms with Gasteiger partial charge in [-0.05, 0) is 24.6 Å². The summed E-state index contributed by atoms with van der Waals surface area (Å²) in [6, 6.07) is 4.37. The Labute approximate surface area is 121 Å². The molecule has 0 fully saturated rings. The molecule has 0 spiro atoms. The smallest absolute Gasteiger partial charge is 0.335 e. The minimum Gasteiger partial charge on any atom is -0.493 e. The molecule has 2 aromatic rings. The number of carboxylic acids is 1. The van der Waals surface area contributed by atoms with E-state index in [1.165, 1.54) is 25.3 Å². The van der Waals surface area contributed by atoms with Gasteiger partial charge >= 0.3 is 5.97 Å². The van der Waals surface area contributed by atoms with Gasteiger partial charge < -0.3 is 19.1 Å². The van der Waals surface area contributed by atoms with Crippen LogP contribution in [-0.4, -0.2) is 28.3 Å². The van der Waals surface area contributed by atoms with Crippen LogP contribution in [0.15, 0.2) is 22.7 Å². The van der Waals surface area contributed by atoms with Gasteiger partial charge in [-0.2, -0.15) is 4.98 Å². The van der Waals surface area contributed by atoms with E-state index in [4.69, 9.17) is 19.1 Å². The second-order valence-corrected chi connectivity index (χ2v) is 4.31. The van der Waals surface area contributed by atoms with E-state index in [1.807, 2.05) is 6.92 Å². The summed E-state index contributed by atoms with van der Waals surface area (Å²) in [6.45, 7) is 2.13. The van der Waals surface area contributed by atoms with Crippen molar-refractivity contribution in [3.63, 3.8) is 0 Å². The van der Waals surface area contributed by atoms with Gasteiger partial charge in [0, 0.05) is 6.42 Å². The lowest BCUT2D eigenvalue weighted by molar-refractivity contribution is 0.0696. The maximum Gasteiger partial charge on any atom is 0.335 e. The van der Waals surface area contributed by atoms with Crippen molar-refractivity contribution >= 4 is 5.97 Å². The lowest BCUT2D eigenvalue weighted by atomic mass is 10.2. The van der Waals surface area contributed by atoms with E-state index in [0.29, 0.717) is 23.2 Å². The van der Waals surface area contributed by atoms with Crippen molar-refractivity contribution in [2.45, 2.75) is 26.4 Å². The molecule has 0 aliphatic carbocycles. The third-order valence-corrected chi connectivity index (χ3v) is 2.75. The Kier molecular flexibility index (Phi) is 4.76. The molecule has 2 rings (SSSR count). The highest BCUT2D eigenvalue weighted by atomic mass is 16.5. The number of nitrogens with zero attached hydrogens (tertiary/aromatic N) is 2. The molecular formula is C14H16N2O5. The van der Waals surface area contributed by atoms with E-state index in [9.17, 15) is 4.79 Å². The second-order valence-electron chi connectivity index (χ2n) is 4.31. The van der Waals surface area contributed by atoms with Gasteiger partial charge in [-0.1, -0.05) is 12.1 Å². The quantitative estimate of drug-likeness (QED) is 0.836. The molecule has 0 amide bonds. The molecule has 0 aliphatic heterocycles. The first-order valence-electron chi connectivity index (χ1n) is 6.49. The van der Waals surface area contributed by atoms with Crippen LogP contribution in [0.25, 0.3) is 0 Å². The third-order valence-electron chi connectivity index (χ3n) is 2.75. The number of aromatic nitrogens is 2. The minimum absolute atomic E-state index is 0.0967. The second kappa shape index (κ2) is 6.74. The van der Waals surface area contributed by atoms with Gasteiger partial charge in [-0.15, -0.1) is 0 Å². The number of aryl methyl sites for hydroxylation is 1. The van der Waals surface area contributed by atoms with Gasteiger partial charge in [-0.3, -0.25) is 0 Å². The van der Waals surface area contributed by atoms with E-state index in [-0.39, 0.29) is 12.2 Å². The highest BCUT2D eigenvalue weighted by Crippen LogP contribution is 2.28. The number of methoxy groups -OCH3 is 1. The van der Waals surface area contributed by atoms with Gasteiger partial charge in [0.15, 0.2) is 23.9 Å². The van der Waals surface area contributed by atoms with Crippen LogP contribution in [0.1, 0.15) is 35.4 Å². The van der Waals surface area contributed by atoms with Crippen molar-refractivity contribution in [1.29, 1.82) is 0 Å². The minimum atomic E-state index is -1.03. The molecule has 112 valence electrons. The summed E-state index contributed by atoms with van der Waals surface area (Å²) < 4.78 is 15.7. The van der Waals surface area contributed by atoms with Crippen LogP contribution in [0.4, 0.5) is 0 Å². The molecule has 0 radical (unpaired) electrons. The van der Waals surface area contributed by atoms with Crippen molar-refractivity contribution in [2.75, 3.05) is 7.11 Å². The van der Waals surface area contributed by atoms with Crippen molar-refractivity contribution in [1.82, 2.24) is 10.1 Å². The zero-order valence-electron chi connectivity index (χ0n) is 11.8. The molecule has 21 heavy (non-hydrogen) atoms. The van der Waals surface area contributed by atoms with Crippen LogP contribution in [0.2, 0.25) is 0 Å². The molecule has 0 atom stereocenters. The molecule has 7 heteroatoms. The van der Waals surface area contributed by atoms with E-state index in [1.54, 1.807) is 0 Å². The number of hydrogen-bond donors (Lipinski definition) is 1. The van der Waals surface area contributed by atoms with Crippen LogP contribution >= 0.6 is 0 Å². The maximum absolute atomic E-state index is 10.9. The Morgan fingerprint density at radius 3 is 2.86 bits per heavy atom. The summed E-state index contributed by atoms with van der Waals surface area (Å²) in [7, 11) is 1.44. The third kappa shape index (κ3) is 3.71. The largest absolute Gasteiger partial charge is 0.493 e. The first-order chi connectivity index (χ1) is 10.1. The molecule has 0 unspecified atom stereocenters. The SMILES string of the molecule is CCCc1noc(COc2ccc(C(=O)O)cc2OC)n1. The molecule has 1 aromatic heterocycles. The molecule has 1 heterocycles. The molecule has 0 saturated carbocycles. The Bertz CT molecular complexity index is 624. The monoisotopic (exact) mass is 292 g/mol. The highest BCUT2D eigenvalue weighted by molar-refractivity contribution is 5.88. The first-order valence-corrected chi connectivity index (χ1v) is 6.49. The lowest BCUT2D eigenvalue weighted by Crippen LogP contribution is -2.01.